The number of carbonyl (C=O) groups excluding carboxylic acids is 1. The molecule has 21 heavy (non-hydrogen) atoms. The standard InChI is InChI=1S/C16H19N3O2/c1-11-14(9-18-19(11)2)8-17-16(20)13-7-12-5-3-4-6-15(12)21-10-13/h3-6,9,13H,7-8,10H2,1-2H3,(H,17,20)/t13-/m0/s1. The smallest absolute Gasteiger partial charge is 0.227 e. The third-order valence-corrected chi connectivity index (χ3v) is 4.04. The second-order valence-electron chi connectivity index (χ2n) is 5.42. The number of nitrogens with one attached hydrogen (secondary N) is 1. The van der Waals surface area contributed by atoms with Crippen molar-refractivity contribution in [2.75, 3.05) is 6.61 Å². The number of aryl methyl sites for hydroxylation is 1. The lowest BCUT2D eigenvalue weighted by Crippen LogP contribution is -2.37. The molecule has 2 heterocycles. The fraction of sp³-hybridized carbons (Fsp3) is 0.375. The maximum absolute atomic E-state index is 12.3. The molecule has 0 radical (unpaired) electrons. The van der Waals surface area contributed by atoms with Crippen LogP contribution in [0.1, 0.15) is 16.8 Å². The number of aromatic nitrogens is 2. The first-order chi connectivity index (χ1) is 10.1. The monoisotopic (exact) mass is 285 g/mol. The Hall–Kier alpha value is -2.30. The van der Waals surface area contributed by atoms with Crippen molar-refractivity contribution in [3.63, 3.8) is 0 Å². The second kappa shape index (κ2) is 5.60. The van der Waals surface area contributed by atoms with Crippen LogP contribution in [0.25, 0.3) is 0 Å². The fourth-order valence-corrected chi connectivity index (χ4v) is 2.54. The molecule has 5 heteroatoms. The molecule has 1 aliphatic rings. The van der Waals surface area contributed by atoms with Crippen molar-refractivity contribution in [1.29, 1.82) is 0 Å². The maximum Gasteiger partial charge on any atom is 0.227 e. The molecule has 0 saturated heterocycles. The van der Waals surface area contributed by atoms with Gasteiger partial charge in [0.05, 0.1) is 12.1 Å². The van der Waals surface area contributed by atoms with E-state index in [4.69, 9.17) is 4.74 Å². The molecule has 1 N–H and O–H groups in total. The molecule has 110 valence electrons. The summed E-state index contributed by atoms with van der Waals surface area (Å²) in [6.45, 7) is 2.94. The first-order valence-corrected chi connectivity index (χ1v) is 7.11. The molecule has 0 spiro atoms. The van der Waals surface area contributed by atoms with Crippen molar-refractivity contribution in [3.05, 3.63) is 47.3 Å². The average molecular weight is 285 g/mol. The van der Waals surface area contributed by atoms with E-state index in [0.29, 0.717) is 13.2 Å². The molecular weight excluding hydrogens is 266 g/mol. The minimum Gasteiger partial charge on any atom is -0.492 e. The van der Waals surface area contributed by atoms with Crippen molar-refractivity contribution in [2.24, 2.45) is 13.0 Å². The van der Waals surface area contributed by atoms with E-state index in [9.17, 15) is 4.79 Å². The van der Waals surface area contributed by atoms with Crippen LogP contribution in [-0.4, -0.2) is 22.3 Å². The summed E-state index contributed by atoms with van der Waals surface area (Å²) < 4.78 is 7.47. The number of rotatable bonds is 3. The number of nitrogens with zero attached hydrogens (tertiary/aromatic N) is 2. The van der Waals surface area contributed by atoms with Gasteiger partial charge in [0.1, 0.15) is 12.4 Å². The molecule has 1 atom stereocenters. The van der Waals surface area contributed by atoms with Crippen LogP contribution in [0.2, 0.25) is 0 Å². The van der Waals surface area contributed by atoms with Crippen molar-refractivity contribution in [2.45, 2.75) is 19.9 Å². The lowest BCUT2D eigenvalue weighted by Gasteiger charge is -2.24. The molecule has 0 saturated carbocycles. The van der Waals surface area contributed by atoms with Gasteiger partial charge in [0.15, 0.2) is 0 Å². The molecule has 0 bridgehead atoms. The number of benzene rings is 1. The highest BCUT2D eigenvalue weighted by Gasteiger charge is 2.25. The van der Waals surface area contributed by atoms with Gasteiger partial charge in [-0.2, -0.15) is 5.10 Å². The molecule has 1 aromatic carbocycles. The van der Waals surface area contributed by atoms with E-state index in [2.05, 4.69) is 10.4 Å². The highest BCUT2D eigenvalue weighted by molar-refractivity contribution is 5.79. The fourth-order valence-electron chi connectivity index (χ4n) is 2.54. The van der Waals surface area contributed by atoms with E-state index in [0.717, 1.165) is 29.0 Å². The third kappa shape index (κ3) is 2.77. The third-order valence-electron chi connectivity index (χ3n) is 4.04. The molecule has 1 aromatic heterocycles. The van der Waals surface area contributed by atoms with Crippen molar-refractivity contribution < 1.29 is 9.53 Å². The molecule has 5 nitrogen and oxygen atoms in total. The van der Waals surface area contributed by atoms with Crippen molar-refractivity contribution in [1.82, 2.24) is 15.1 Å². The average Bonchev–Trinajstić information content (AvgIpc) is 2.84. The molecule has 3 rings (SSSR count). The summed E-state index contributed by atoms with van der Waals surface area (Å²) in [7, 11) is 1.90. The van der Waals surface area contributed by atoms with Gasteiger partial charge in [-0.3, -0.25) is 9.48 Å². The first-order valence-electron chi connectivity index (χ1n) is 7.11. The van der Waals surface area contributed by atoms with Crippen LogP contribution in [0.5, 0.6) is 5.75 Å². The Labute approximate surface area is 123 Å². The summed E-state index contributed by atoms with van der Waals surface area (Å²) in [5.74, 6) is 0.800. The zero-order valence-corrected chi connectivity index (χ0v) is 12.3. The van der Waals surface area contributed by atoms with E-state index in [-0.39, 0.29) is 11.8 Å². The van der Waals surface area contributed by atoms with Gasteiger partial charge < -0.3 is 10.1 Å². The molecule has 1 amide bonds. The molecule has 0 aliphatic carbocycles. The largest absolute Gasteiger partial charge is 0.492 e. The van der Waals surface area contributed by atoms with Crippen LogP contribution in [0, 0.1) is 12.8 Å². The minimum absolute atomic E-state index is 0.0350. The maximum atomic E-state index is 12.3. The number of carbonyl (C=O) groups is 1. The highest BCUT2D eigenvalue weighted by Crippen LogP contribution is 2.26. The molecule has 0 fully saturated rings. The van der Waals surface area contributed by atoms with Gasteiger partial charge in [0.25, 0.3) is 0 Å². The zero-order chi connectivity index (χ0) is 14.8. The highest BCUT2D eigenvalue weighted by atomic mass is 16.5. The topological polar surface area (TPSA) is 56.1 Å². The Balaban J connectivity index is 1.61. The lowest BCUT2D eigenvalue weighted by molar-refractivity contribution is -0.126. The van der Waals surface area contributed by atoms with Gasteiger partial charge >= 0.3 is 0 Å². The zero-order valence-electron chi connectivity index (χ0n) is 12.3. The van der Waals surface area contributed by atoms with Crippen molar-refractivity contribution >= 4 is 5.91 Å². The molecule has 2 aromatic rings. The van der Waals surface area contributed by atoms with Crippen molar-refractivity contribution in [3.8, 4) is 5.75 Å². The van der Waals surface area contributed by atoms with E-state index >= 15 is 0 Å². The summed E-state index contributed by atoms with van der Waals surface area (Å²) in [6, 6.07) is 7.88. The number of hydrogen-bond donors (Lipinski definition) is 1. The Morgan fingerprint density at radius 3 is 3.05 bits per heavy atom. The van der Waals surface area contributed by atoms with Gasteiger partial charge in [-0.25, -0.2) is 0 Å². The van der Waals surface area contributed by atoms with Gasteiger partial charge in [-0.1, -0.05) is 18.2 Å². The first kappa shape index (κ1) is 13.7. The van der Waals surface area contributed by atoms with Crippen LogP contribution < -0.4 is 10.1 Å². The normalized spacial score (nSPS) is 17.0. The van der Waals surface area contributed by atoms with Crippen LogP contribution in [0.4, 0.5) is 0 Å². The molecule has 1 aliphatic heterocycles. The summed E-state index contributed by atoms with van der Waals surface area (Å²) in [6.07, 6.45) is 2.52. The summed E-state index contributed by atoms with van der Waals surface area (Å²) in [5, 5.41) is 7.16. The van der Waals surface area contributed by atoms with Crippen LogP contribution in [-0.2, 0) is 24.8 Å². The van der Waals surface area contributed by atoms with E-state index in [1.54, 1.807) is 10.9 Å². The Morgan fingerprint density at radius 1 is 1.48 bits per heavy atom. The quantitative estimate of drug-likeness (QED) is 0.932. The Morgan fingerprint density at radius 2 is 2.29 bits per heavy atom. The van der Waals surface area contributed by atoms with Crippen LogP contribution in [0.3, 0.4) is 0 Å². The predicted molar refractivity (Wildman–Crippen MR) is 78.9 cm³/mol. The lowest BCUT2D eigenvalue weighted by atomic mass is 9.96. The van der Waals surface area contributed by atoms with Gasteiger partial charge in [-0.05, 0) is 25.0 Å². The van der Waals surface area contributed by atoms with Gasteiger partial charge in [-0.15, -0.1) is 0 Å². The van der Waals surface area contributed by atoms with Gasteiger partial charge in [0.2, 0.25) is 5.91 Å². The Bertz CT molecular complexity index is 663. The number of para-hydroxylation sites is 1. The van der Waals surface area contributed by atoms with E-state index < -0.39 is 0 Å². The van der Waals surface area contributed by atoms with Crippen LogP contribution >= 0.6 is 0 Å². The number of ether oxygens (including phenoxy) is 1. The summed E-state index contributed by atoms with van der Waals surface area (Å²) in [5.41, 5.74) is 3.21. The van der Waals surface area contributed by atoms with E-state index in [1.165, 1.54) is 0 Å². The minimum atomic E-state index is -0.128. The van der Waals surface area contributed by atoms with Crippen LogP contribution in [0.15, 0.2) is 30.5 Å². The second-order valence-corrected chi connectivity index (χ2v) is 5.42. The van der Waals surface area contributed by atoms with E-state index in [1.807, 2.05) is 38.2 Å². The SMILES string of the molecule is Cc1c(CNC(=O)[C@@H]2COc3ccccc3C2)cnn1C. The Kier molecular flexibility index (Phi) is 3.64. The number of hydrogen-bond acceptors (Lipinski definition) is 3. The summed E-state index contributed by atoms with van der Waals surface area (Å²) in [4.78, 5) is 12.3. The van der Waals surface area contributed by atoms with Gasteiger partial charge in [0, 0.05) is 24.8 Å². The molecular formula is C16H19N3O2. The molecule has 0 unspecified atom stereocenters. The summed E-state index contributed by atoms with van der Waals surface area (Å²) >= 11 is 0. The number of amides is 1. The number of fused-ring (bicyclic) bond motifs is 1. The predicted octanol–water partition coefficient (Wildman–Crippen LogP) is 1.60.